The molecule has 0 spiro atoms. The third-order valence-corrected chi connectivity index (χ3v) is 4.91. The molecular formula is C13H19N3S2. The van der Waals surface area contributed by atoms with Gasteiger partial charge in [-0.1, -0.05) is 20.8 Å². The Hall–Kier alpha value is -0.780. The molecule has 2 aromatic heterocycles. The van der Waals surface area contributed by atoms with Gasteiger partial charge in [-0.3, -0.25) is 0 Å². The summed E-state index contributed by atoms with van der Waals surface area (Å²) in [6.45, 7) is 8.67. The molecule has 0 aliphatic heterocycles. The van der Waals surface area contributed by atoms with E-state index in [9.17, 15) is 0 Å². The second-order valence-electron chi connectivity index (χ2n) is 5.38. The first-order valence-electron chi connectivity index (χ1n) is 6.01. The van der Waals surface area contributed by atoms with Crippen LogP contribution in [0.2, 0.25) is 0 Å². The largest absolute Gasteiger partial charge is 0.312 e. The van der Waals surface area contributed by atoms with Crippen LogP contribution >= 0.6 is 22.7 Å². The third-order valence-electron chi connectivity index (χ3n) is 2.76. The Bertz CT molecular complexity index is 522. The van der Waals surface area contributed by atoms with Crippen LogP contribution in [0.4, 0.5) is 0 Å². The molecule has 1 N–H and O–H groups in total. The lowest BCUT2D eigenvalue weighted by Gasteiger charge is -2.13. The summed E-state index contributed by atoms with van der Waals surface area (Å²) in [5.41, 5.74) is 2.20. The van der Waals surface area contributed by atoms with Crippen LogP contribution in [0.3, 0.4) is 0 Å². The fraction of sp³-hybridized carbons (Fsp3) is 0.538. The lowest BCUT2D eigenvalue weighted by molar-refractivity contribution is 0.586. The third kappa shape index (κ3) is 2.79. The minimum Gasteiger partial charge on any atom is -0.312 e. The lowest BCUT2D eigenvalue weighted by atomic mass is 9.98. The number of nitrogens with zero attached hydrogens (tertiary/aromatic N) is 2. The average molecular weight is 281 g/mol. The summed E-state index contributed by atoms with van der Waals surface area (Å²) in [6.07, 6.45) is 0. The number of rotatable bonds is 3. The van der Waals surface area contributed by atoms with Crippen molar-refractivity contribution in [2.24, 2.45) is 0 Å². The quantitative estimate of drug-likeness (QED) is 0.928. The molecule has 0 aliphatic carbocycles. The summed E-state index contributed by atoms with van der Waals surface area (Å²) in [5, 5.41) is 9.59. The fourth-order valence-electron chi connectivity index (χ4n) is 1.47. The second kappa shape index (κ2) is 5.07. The first-order chi connectivity index (χ1) is 8.41. The van der Waals surface area contributed by atoms with Gasteiger partial charge in [0.2, 0.25) is 0 Å². The lowest BCUT2D eigenvalue weighted by Crippen LogP contribution is -2.12. The molecule has 2 rings (SSSR count). The van der Waals surface area contributed by atoms with E-state index in [0.717, 1.165) is 21.4 Å². The molecule has 3 nitrogen and oxygen atoms in total. The van der Waals surface area contributed by atoms with Gasteiger partial charge in [0, 0.05) is 22.2 Å². The van der Waals surface area contributed by atoms with Crippen LogP contribution in [0, 0.1) is 0 Å². The van der Waals surface area contributed by atoms with Gasteiger partial charge in [-0.25, -0.2) is 9.97 Å². The van der Waals surface area contributed by atoms with Gasteiger partial charge in [0.05, 0.1) is 10.7 Å². The normalized spacial score (nSPS) is 13.8. The van der Waals surface area contributed by atoms with E-state index in [4.69, 9.17) is 4.98 Å². The zero-order valence-corrected chi connectivity index (χ0v) is 13.1. The smallest absolute Gasteiger partial charge is 0.143 e. The zero-order valence-electron chi connectivity index (χ0n) is 11.4. The molecular weight excluding hydrogens is 262 g/mol. The van der Waals surface area contributed by atoms with E-state index in [2.05, 4.69) is 48.8 Å². The van der Waals surface area contributed by atoms with Crippen molar-refractivity contribution >= 4 is 22.7 Å². The van der Waals surface area contributed by atoms with Crippen molar-refractivity contribution in [3.05, 3.63) is 21.5 Å². The standard InChI is InChI=1S/C13H19N3S2/c1-8(14-5)9-6-17-11(15-9)10-7-18-12(16-10)13(2,3)4/h6-8,14H,1-5H3. The molecule has 2 heterocycles. The van der Waals surface area contributed by atoms with Crippen LogP contribution < -0.4 is 5.32 Å². The number of hydrogen-bond donors (Lipinski definition) is 1. The van der Waals surface area contributed by atoms with Crippen LogP contribution in [0.1, 0.15) is 44.4 Å². The minimum absolute atomic E-state index is 0.112. The van der Waals surface area contributed by atoms with E-state index in [1.54, 1.807) is 22.7 Å². The molecule has 5 heteroatoms. The Balaban J connectivity index is 2.27. The molecule has 98 valence electrons. The first kappa shape index (κ1) is 13.6. The molecule has 0 aromatic carbocycles. The molecule has 0 amide bonds. The maximum Gasteiger partial charge on any atom is 0.143 e. The van der Waals surface area contributed by atoms with Crippen LogP contribution in [0.25, 0.3) is 10.7 Å². The van der Waals surface area contributed by atoms with Gasteiger partial charge in [0.1, 0.15) is 10.7 Å². The van der Waals surface area contributed by atoms with Crippen LogP contribution in [-0.4, -0.2) is 17.0 Å². The van der Waals surface area contributed by atoms with Gasteiger partial charge < -0.3 is 5.32 Å². The van der Waals surface area contributed by atoms with E-state index < -0.39 is 0 Å². The van der Waals surface area contributed by atoms with Crippen molar-refractivity contribution in [3.63, 3.8) is 0 Å². The highest BCUT2D eigenvalue weighted by Gasteiger charge is 2.19. The molecule has 2 aromatic rings. The highest BCUT2D eigenvalue weighted by Crippen LogP contribution is 2.31. The Kier molecular flexibility index (Phi) is 3.84. The highest BCUT2D eigenvalue weighted by atomic mass is 32.1. The molecule has 0 radical (unpaired) electrons. The predicted octanol–water partition coefficient (Wildman–Crippen LogP) is 3.84. The van der Waals surface area contributed by atoms with Crippen molar-refractivity contribution in [2.45, 2.75) is 39.2 Å². The number of hydrogen-bond acceptors (Lipinski definition) is 5. The van der Waals surface area contributed by atoms with Crippen molar-refractivity contribution < 1.29 is 0 Å². The highest BCUT2D eigenvalue weighted by molar-refractivity contribution is 7.14. The van der Waals surface area contributed by atoms with Gasteiger partial charge in [-0.2, -0.15) is 0 Å². The molecule has 1 atom stereocenters. The van der Waals surface area contributed by atoms with Crippen molar-refractivity contribution in [1.29, 1.82) is 0 Å². The molecule has 18 heavy (non-hydrogen) atoms. The zero-order chi connectivity index (χ0) is 13.3. The Morgan fingerprint density at radius 3 is 2.44 bits per heavy atom. The van der Waals surface area contributed by atoms with E-state index in [1.807, 2.05) is 7.05 Å². The summed E-state index contributed by atoms with van der Waals surface area (Å²) in [5.74, 6) is 0. The van der Waals surface area contributed by atoms with Gasteiger partial charge in [-0.15, -0.1) is 22.7 Å². The summed E-state index contributed by atoms with van der Waals surface area (Å²) in [6, 6.07) is 0.288. The second-order valence-corrected chi connectivity index (χ2v) is 7.09. The Labute approximate surface area is 116 Å². The molecule has 0 aliphatic rings. The topological polar surface area (TPSA) is 37.8 Å². The van der Waals surface area contributed by atoms with Crippen molar-refractivity contribution in [1.82, 2.24) is 15.3 Å². The van der Waals surface area contributed by atoms with Crippen molar-refractivity contribution in [3.8, 4) is 10.7 Å². The maximum absolute atomic E-state index is 4.70. The summed E-state index contributed by atoms with van der Waals surface area (Å²) in [4.78, 5) is 9.34. The van der Waals surface area contributed by atoms with Crippen LogP contribution in [0.5, 0.6) is 0 Å². The van der Waals surface area contributed by atoms with Crippen molar-refractivity contribution in [2.75, 3.05) is 7.05 Å². The molecule has 0 bridgehead atoms. The van der Waals surface area contributed by atoms with E-state index in [1.165, 1.54) is 0 Å². The summed E-state index contributed by atoms with van der Waals surface area (Å²) >= 11 is 3.38. The first-order valence-corrected chi connectivity index (χ1v) is 7.77. The Morgan fingerprint density at radius 2 is 1.89 bits per heavy atom. The monoisotopic (exact) mass is 281 g/mol. The fourth-order valence-corrected chi connectivity index (χ4v) is 3.31. The van der Waals surface area contributed by atoms with Gasteiger partial charge in [0.25, 0.3) is 0 Å². The maximum atomic E-state index is 4.70. The van der Waals surface area contributed by atoms with E-state index >= 15 is 0 Å². The van der Waals surface area contributed by atoms with Crippen LogP contribution in [0.15, 0.2) is 10.8 Å². The summed E-state index contributed by atoms with van der Waals surface area (Å²) in [7, 11) is 1.95. The average Bonchev–Trinajstić information content (AvgIpc) is 2.94. The van der Waals surface area contributed by atoms with E-state index in [-0.39, 0.29) is 11.5 Å². The predicted molar refractivity (Wildman–Crippen MR) is 79.4 cm³/mol. The molecule has 0 fully saturated rings. The van der Waals surface area contributed by atoms with Gasteiger partial charge >= 0.3 is 0 Å². The van der Waals surface area contributed by atoms with Crippen LogP contribution in [-0.2, 0) is 5.41 Å². The minimum atomic E-state index is 0.112. The number of thiazole rings is 2. The SMILES string of the molecule is CNC(C)c1csc(-c2csc(C(C)(C)C)n2)n1. The Morgan fingerprint density at radius 1 is 1.17 bits per heavy atom. The molecule has 0 saturated carbocycles. The molecule has 1 unspecified atom stereocenters. The molecule has 0 saturated heterocycles. The summed E-state index contributed by atoms with van der Waals surface area (Å²) < 4.78 is 0. The van der Waals surface area contributed by atoms with Gasteiger partial charge in [0.15, 0.2) is 0 Å². The number of nitrogens with one attached hydrogen (secondary N) is 1. The number of aromatic nitrogens is 2. The van der Waals surface area contributed by atoms with Gasteiger partial charge in [-0.05, 0) is 14.0 Å². The van der Waals surface area contributed by atoms with E-state index in [0.29, 0.717) is 0 Å².